The fourth-order valence-electron chi connectivity index (χ4n) is 6.18. The number of carbonyl (C=O) groups excluding carboxylic acids is 3. The first kappa shape index (κ1) is 30.2. The number of carbonyl (C=O) groups is 3. The number of hydrogen-bond acceptors (Lipinski definition) is 8. The summed E-state index contributed by atoms with van der Waals surface area (Å²) in [5.41, 5.74) is 17.1. The number of rotatable bonds is 8. The summed E-state index contributed by atoms with van der Waals surface area (Å²) in [6.07, 6.45) is 4.14. The van der Waals surface area contributed by atoms with Crippen molar-refractivity contribution in [2.24, 2.45) is 23.3 Å². The van der Waals surface area contributed by atoms with Gasteiger partial charge in [-0.2, -0.15) is 5.21 Å². The molecule has 1 atom stereocenters. The number of amides is 3. The Morgan fingerprint density at radius 3 is 2.42 bits per heavy atom. The van der Waals surface area contributed by atoms with Crippen LogP contribution in [-0.2, 0) is 27.2 Å². The Labute approximate surface area is 259 Å². The van der Waals surface area contributed by atoms with Gasteiger partial charge in [0, 0.05) is 18.0 Å². The van der Waals surface area contributed by atoms with E-state index in [1.54, 1.807) is 0 Å². The fourth-order valence-corrected chi connectivity index (χ4v) is 6.18. The molecule has 6 rings (SSSR count). The Hall–Kier alpha value is -4.81. The molecule has 3 amide bonds. The standard InChI is InChI=1S/C33H35FN8O3/c34-27-17-25(12-13-26(27)31-38-40-41-39-31)42(32(44)23-7-3-20(18-35)4-8-23)33(45)28(36)15-19-1-5-21(6-2-19)24-10-9-22-11-14-30(43)37-29(22)16-24/h1-2,5-6,9-10,12-13,16-17,20,23,28H,3-4,7-8,11,14-15,18,35-36H2,(H,37,43)(H,38,39,40,41)/t20?,23?,28-/m0/s1. The van der Waals surface area contributed by atoms with Gasteiger partial charge in [-0.1, -0.05) is 36.4 Å². The minimum atomic E-state index is -1.06. The summed E-state index contributed by atoms with van der Waals surface area (Å²) in [5, 5.41) is 16.3. The SMILES string of the molecule is NCC1CCC(C(=O)N(C(=O)[C@@H](N)Cc2ccc(-c3ccc4c(c3)NC(=O)CC4)cc2)c2ccc(-c3nn[nH]n3)c(F)c2)CC1. The molecule has 0 bridgehead atoms. The van der Waals surface area contributed by atoms with Gasteiger partial charge in [0.15, 0.2) is 0 Å². The molecule has 1 aromatic heterocycles. The molecule has 0 saturated heterocycles. The quantitative estimate of drug-likeness (QED) is 0.233. The maximum Gasteiger partial charge on any atom is 0.251 e. The zero-order valence-electron chi connectivity index (χ0n) is 24.7. The first-order valence-corrected chi connectivity index (χ1v) is 15.2. The van der Waals surface area contributed by atoms with Crippen molar-refractivity contribution in [3.05, 3.63) is 77.6 Å². The molecule has 0 spiro atoms. The predicted octanol–water partition coefficient (Wildman–Crippen LogP) is 3.75. The normalized spacial score (nSPS) is 18.5. The topological polar surface area (TPSA) is 173 Å². The van der Waals surface area contributed by atoms with E-state index in [9.17, 15) is 14.4 Å². The summed E-state index contributed by atoms with van der Waals surface area (Å²) >= 11 is 0. The zero-order chi connectivity index (χ0) is 31.5. The number of tetrazole rings is 1. The molecule has 1 aliphatic heterocycles. The van der Waals surface area contributed by atoms with E-state index in [2.05, 4.69) is 25.9 Å². The molecular formula is C33H35FN8O3. The van der Waals surface area contributed by atoms with E-state index >= 15 is 4.39 Å². The van der Waals surface area contributed by atoms with Gasteiger partial charge in [0.25, 0.3) is 5.91 Å². The number of fused-ring (bicyclic) bond motifs is 1. The second kappa shape index (κ2) is 13.0. The van der Waals surface area contributed by atoms with Crippen molar-refractivity contribution in [1.29, 1.82) is 0 Å². The molecule has 2 aliphatic rings. The molecule has 2 heterocycles. The average Bonchev–Trinajstić information content (AvgIpc) is 3.60. The van der Waals surface area contributed by atoms with Crippen LogP contribution < -0.4 is 21.7 Å². The van der Waals surface area contributed by atoms with E-state index in [-0.39, 0.29) is 29.4 Å². The highest BCUT2D eigenvalue weighted by atomic mass is 19.1. The van der Waals surface area contributed by atoms with Crippen LogP contribution in [-0.4, -0.2) is 50.9 Å². The van der Waals surface area contributed by atoms with Crippen molar-refractivity contribution < 1.29 is 18.8 Å². The van der Waals surface area contributed by atoms with Crippen LogP contribution in [0.1, 0.15) is 43.2 Å². The molecule has 11 nitrogen and oxygen atoms in total. The average molecular weight is 611 g/mol. The molecule has 45 heavy (non-hydrogen) atoms. The molecule has 232 valence electrons. The molecule has 3 aromatic carbocycles. The van der Waals surface area contributed by atoms with E-state index in [1.165, 1.54) is 12.1 Å². The lowest BCUT2D eigenvalue weighted by Gasteiger charge is -2.32. The van der Waals surface area contributed by atoms with Crippen LogP contribution in [0, 0.1) is 17.7 Å². The third kappa shape index (κ3) is 6.52. The highest BCUT2D eigenvalue weighted by molar-refractivity contribution is 6.17. The lowest BCUT2D eigenvalue weighted by molar-refractivity contribution is -0.130. The van der Waals surface area contributed by atoms with Crippen LogP contribution in [0.2, 0.25) is 0 Å². The Kier molecular flexibility index (Phi) is 8.76. The number of aromatic nitrogens is 4. The summed E-state index contributed by atoms with van der Waals surface area (Å²) in [7, 11) is 0. The first-order chi connectivity index (χ1) is 21.8. The van der Waals surface area contributed by atoms with Crippen molar-refractivity contribution in [1.82, 2.24) is 20.6 Å². The number of imide groups is 1. The van der Waals surface area contributed by atoms with E-state index in [4.69, 9.17) is 11.5 Å². The number of nitrogens with two attached hydrogens (primary N) is 2. The number of anilines is 2. The lowest BCUT2D eigenvalue weighted by atomic mass is 9.81. The number of hydrogen-bond donors (Lipinski definition) is 4. The molecule has 6 N–H and O–H groups in total. The summed E-state index contributed by atoms with van der Waals surface area (Å²) in [5.74, 6) is -1.69. The lowest BCUT2D eigenvalue weighted by Crippen LogP contribution is -2.50. The van der Waals surface area contributed by atoms with E-state index in [1.807, 2.05) is 42.5 Å². The van der Waals surface area contributed by atoms with Gasteiger partial charge >= 0.3 is 0 Å². The monoisotopic (exact) mass is 610 g/mol. The summed E-state index contributed by atoms with van der Waals surface area (Å²) < 4.78 is 15.2. The molecule has 1 saturated carbocycles. The minimum absolute atomic E-state index is 0.00933. The second-order valence-corrected chi connectivity index (χ2v) is 11.8. The molecule has 4 aromatic rings. The Morgan fingerprint density at radius 1 is 0.978 bits per heavy atom. The largest absolute Gasteiger partial charge is 0.330 e. The number of aromatic amines is 1. The third-order valence-corrected chi connectivity index (χ3v) is 8.83. The van der Waals surface area contributed by atoms with Gasteiger partial charge in [-0.25, -0.2) is 9.29 Å². The maximum atomic E-state index is 15.2. The van der Waals surface area contributed by atoms with Crippen molar-refractivity contribution >= 4 is 29.1 Å². The summed E-state index contributed by atoms with van der Waals surface area (Å²) in [6, 6.07) is 16.7. The van der Waals surface area contributed by atoms with Crippen LogP contribution in [0.4, 0.5) is 15.8 Å². The third-order valence-electron chi connectivity index (χ3n) is 8.83. The van der Waals surface area contributed by atoms with Gasteiger partial charge in [-0.05, 0) is 103 Å². The Balaban J connectivity index is 1.22. The van der Waals surface area contributed by atoms with E-state index in [0.29, 0.717) is 31.7 Å². The van der Waals surface area contributed by atoms with Crippen molar-refractivity contribution in [3.63, 3.8) is 0 Å². The highest BCUT2D eigenvalue weighted by Crippen LogP contribution is 2.33. The number of nitrogens with zero attached hydrogens (tertiary/aromatic N) is 4. The molecule has 1 aliphatic carbocycles. The van der Waals surface area contributed by atoms with Crippen LogP contribution in [0.3, 0.4) is 0 Å². The van der Waals surface area contributed by atoms with Gasteiger partial charge in [-0.15, -0.1) is 10.2 Å². The predicted molar refractivity (Wildman–Crippen MR) is 167 cm³/mol. The number of benzene rings is 3. The van der Waals surface area contributed by atoms with Crippen LogP contribution in [0.5, 0.6) is 0 Å². The fraction of sp³-hybridized carbons (Fsp3) is 0.333. The van der Waals surface area contributed by atoms with Gasteiger partial charge in [0.2, 0.25) is 17.6 Å². The zero-order valence-corrected chi connectivity index (χ0v) is 24.7. The summed E-state index contributed by atoms with van der Waals surface area (Å²) in [6.45, 7) is 0.555. The first-order valence-electron chi connectivity index (χ1n) is 15.2. The van der Waals surface area contributed by atoms with Gasteiger partial charge in [0.1, 0.15) is 5.82 Å². The van der Waals surface area contributed by atoms with Crippen molar-refractivity contribution in [2.45, 2.75) is 51.0 Å². The number of halogens is 1. The molecular weight excluding hydrogens is 575 g/mol. The number of aryl methyl sites for hydroxylation is 1. The Morgan fingerprint density at radius 2 is 1.73 bits per heavy atom. The highest BCUT2D eigenvalue weighted by Gasteiger charge is 2.35. The molecule has 1 fully saturated rings. The van der Waals surface area contributed by atoms with Crippen LogP contribution in [0.15, 0.2) is 60.7 Å². The second-order valence-electron chi connectivity index (χ2n) is 11.8. The summed E-state index contributed by atoms with van der Waals surface area (Å²) in [4.78, 5) is 40.6. The number of nitrogens with one attached hydrogen (secondary N) is 2. The van der Waals surface area contributed by atoms with E-state index < -0.39 is 29.6 Å². The molecule has 0 unspecified atom stereocenters. The maximum absolute atomic E-state index is 15.2. The van der Waals surface area contributed by atoms with E-state index in [0.717, 1.165) is 58.2 Å². The Bertz CT molecular complexity index is 1700. The number of H-pyrrole nitrogens is 1. The van der Waals surface area contributed by atoms with Gasteiger partial charge < -0.3 is 16.8 Å². The smallest absolute Gasteiger partial charge is 0.251 e. The van der Waals surface area contributed by atoms with Crippen LogP contribution in [0.25, 0.3) is 22.5 Å². The minimum Gasteiger partial charge on any atom is -0.330 e. The van der Waals surface area contributed by atoms with Crippen molar-refractivity contribution in [2.75, 3.05) is 16.8 Å². The van der Waals surface area contributed by atoms with Gasteiger partial charge in [0.05, 0.1) is 17.3 Å². The molecule has 0 radical (unpaired) electrons. The van der Waals surface area contributed by atoms with Gasteiger partial charge in [-0.3, -0.25) is 14.4 Å². The van der Waals surface area contributed by atoms with Crippen LogP contribution >= 0.6 is 0 Å². The molecule has 12 heteroatoms. The van der Waals surface area contributed by atoms with Crippen molar-refractivity contribution in [3.8, 4) is 22.5 Å².